The summed E-state index contributed by atoms with van der Waals surface area (Å²) in [5.41, 5.74) is 2.73. The fourth-order valence-electron chi connectivity index (χ4n) is 2.45. The molecule has 0 saturated carbocycles. The van der Waals surface area contributed by atoms with Crippen LogP contribution >= 0.6 is 0 Å². The van der Waals surface area contributed by atoms with E-state index in [9.17, 15) is 0 Å². The number of benzene rings is 3. The predicted octanol–water partition coefficient (Wildman–Crippen LogP) is 6.10. The van der Waals surface area contributed by atoms with Gasteiger partial charge in [0, 0.05) is 5.57 Å². The third-order valence-corrected chi connectivity index (χ3v) is 3.99. The normalized spacial score (nSPS) is 11.8. The lowest BCUT2D eigenvalue weighted by molar-refractivity contribution is 0.377. The highest BCUT2D eigenvalue weighted by Gasteiger charge is 2.09. The summed E-state index contributed by atoms with van der Waals surface area (Å²) in [6.45, 7) is 3.94. The van der Waals surface area contributed by atoms with Gasteiger partial charge in [0.1, 0.15) is 5.75 Å². The van der Waals surface area contributed by atoms with E-state index in [1.54, 1.807) is 13.4 Å². The van der Waals surface area contributed by atoms with Crippen molar-refractivity contribution in [1.29, 1.82) is 0 Å². The van der Waals surface area contributed by atoms with Crippen molar-refractivity contribution in [2.45, 2.75) is 13.8 Å². The van der Waals surface area contributed by atoms with Gasteiger partial charge in [0.05, 0.1) is 19.1 Å². The monoisotopic (exact) mass is 373 g/mol. The van der Waals surface area contributed by atoms with Crippen molar-refractivity contribution in [3.63, 3.8) is 0 Å². The second-order valence-corrected chi connectivity index (χ2v) is 6.24. The van der Waals surface area contributed by atoms with Gasteiger partial charge in [-0.25, -0.2) is 4.99 Å². The Hall–Kier alpha value is -3.53. The van der Waals surface area contributed by atoms with E-state index in [1.165, 1.54) is 5.56 Å². The Labute approximate surface area is 165 Å². The Morgan fingerprint density at radius 3 is 2.14 bits per heavy atom. The van der Waals surface area contributed by atoms with Crippen LogP contribution in [0.25, 0.3) is 0 Å². The summed E-state index contributed by atoms with van der Waals surface area (Å²) < 4.78 is 17.2. The number of aliphatic imine (C=N–C) groups is 1. The zero-order valence-electron chi connectivity index (χ0n) is 16.3. The zero-order valence-corrected chi connectivity index (χ0v) is 16.3. The molecule has 0 amide bonds. The van der Waals surface area contributed by atoms with E-state index in [2.05, 4.69) is 4.99 Å². The van der Waals surface area contributed by atoms with Crippen LogP contribution in [0.3, 0.4) is 0 Å². The van der Waals surface area contributed by atoms with Crippen LogP contribution in [0.4, 0.5) is 5.69 Å². The topological polar surface area (TPSA) is 40.0 Å². The van der Waals surface area contributed by atoms with Gasteiger partial charge in [-0.15, -0.1) is 0 Å². The molecule has 0 heterocycles. The summed E-state index contributed by atoms with van der Waals surface area (Å²) >= 11 is 0. The Morgan fingerprint density at radius 1 is 0.821 bits per heavy atom. The summed E-state index contributed by atoms with van der Waals surface area (Å²) in [7, 11) is 1.61. The molecule has 4 nitrogen and oxygen atoms in total. The molecule has 0 fully saturated rings. The Balaban J connectivity index is 1.89. The number of methoxy groups -OCH3 is 1. The second kappa shape index (κ2) is 9.42. The van der Waals surface area contributed by atoms with Crippen LogP contribution in [-0.2, 0) is 0 Å². The summed E-state index contributed by atoms with van der Waals surface area (Å²) in [6, 6.07) is 25.0. The summed E-state index contributed by atoms with van der Waals surface area (Å²) in [4.78, 5) is 4.66. The first-order valence-corrected chi connectivity index (χ1v) is 9.01. The van der Waals surface area contributed by atoms with E-state index in [1.807, 2.05) is 92.7 Å². The third-order valence-electron chi connectivity index (χ3n) is 3.99. The molecule has 3 aromatic carbocycles. The maximum Gasteiger partial charge on any atom is 0.225 e. The molecule has 0 unspecified atom stereocenters. The van der Waals surface area contributed by atoms with E-state index in [4.69, 9.17) is 14.2 Å². The lowest BCUT2D eigenvalue weighted by atomic mass is 10.2. The molecule has 3 rings (SSSR count). The molecule has 28 heavy (non-hydrogen) atoms. The molecule has 0 radical (unpaired) electrons. The van der Waals surface area contributed by atoms with Crippen LogP contribution in [-0.4, -0.2) is 13.0 Å². The van der Waals surface area contributed by atoms with Crippen molar-refractivity contribution in [1.82, 2.24) is 0 Å². The first kappa shape index (κ1) is 19.2. The lowest BCUT2D eigenvalue weighted by Crippen LogP contribution is -2.11. The average molecular weight is 373 g/mol. The van der Waals surface area contributed by atoms with Gasteiger partial charge in [0.2, 0.25) is 5.90 Å². The fourth-order valence-corrected chi connectivity index (χ4v) is 2.45. The molecule has 0 aliphatic heterocycles. The minimum absolute atomic E-state index is 0.463. The number of para-hydroxylation sites is 3. The largest absolute Gasteiger partial charge is 0.493 e. The molecule has 0 spiro atoms. The smallest absolute Gasteiger partial charge is 0.225 e. The van der Waals surface area contributed by atoms with Gasteiger partial charge in [-0.05, 0) is 50.2 Å². The average Bonchev–Trinajstić information content (AvgIpc) is 2.74. The molecule has 3 aromatic rings. The number of hydrogen-bond acceptors (Lipinski definition) is 4. The maximum atomic E-state index is 6.03. The van der Waals surface area contributed by atoms with Crippen molar-refractivity contribution < 1.29 is 14.2 Å². The molecule has 4 heteroatoms. The Kier molecular flexibility index (Phi) is 6.47. The zero-order chi connectivity index (χ0) is 19.8. The van der Waals surface area contributed by atoms with Crippen LogP contribution < -0.4 is 14.2 Å². The molecule has 0 aliphatic carbocycles. The van der Waals surface area contributed by atoms with Crippen molar-refractivity contribution in [2.75, 3.05) is 7.11 Å². The number of nitrogens with zero attached hydrogens (tertiary/aromatic N) is 1. The van der Waals surface area contributed by atoms with Crippen LogP contribution in [0.5, 0.6) is 17.2 Å². The van der Waals surface area contributed by atoms with Crippen LogP contribution in [0.1, 0.15) is 12.5 Å². The molecular weight excluding hydrogens is 350 g/mol. The number of ether oxygens (including phenoxy) is 3. The molecule has 0 N–H and O–H groups in total. The van der Waals surface area contributed by atoms with Crippen molar-refractivity contribution in [3.05, 3.63) is 96.3 Å². The first-order valence-electron chi connectivity index (χ1n) is 9.01. The van der Waals surface area contributed by atoms with E-state index in [0.717, 1.165) is 11.3 Å². The van der Waals surface area contributed by atoms with Gasteiger partial charge >= 0.3 is 0 Å². The molecule has 142 valence electrons. The highest BCUT2D eigenvalue weighted by molar-refractivity contribution is 5.96. The first-order chi connectivity index (χ1) is 13.7. The summed E-state index contributed by atoms with van der Waals surface area (Å²) in [6.07, 6.45) is 1.62. The molecule has 0 atom stereocenters. The molecule has 0 aliphatic rings. The van der Waals surface area contributed by atoms with Crippen molar-refractivity contribution in [3.8, 4) is 17.2 Å². The molecule has 0 saturated heterocycles. The van der Waals surface area contributed by atoms with Gasteiger partial charge < -0.3 is 14.2 Å². The molecular formula is C24H23NO3. The number of aryl methyl sites for hydroxylation is 1. The Bertz CT molecular complexity index is 961. The minimum atomic E-state index is 0.463. The van der Waals surface area contributed by atoms with Crippen LogP contribution in [0.15, 0.2) is 95.7 Å². The van der Waals surface area contributed by atoms with E-state index >= 15 is 0 Å². The fraction of sp³-hybridized carbons (Fsp3) is 0.125. The van der Waals surface area contributed by atoms with Gasteiger partial charge in [-0.2, -0.15) is 0 Å². The third kappa shape index (κ3) is 5.24. The summed E-state index contributed by atoms with van der Waals surface area (Å²) in [5.74, 6) is 2.45. The van der Waals surface area contributed by atoms with Crippen molar-refractivity contribution >= 4 is 11.6 Å². The highest BCUT2D eigenvalue weighted by Crippen LogP contribution is 2.26. The van der Waals surface area contributed by atoms with E-state index in [0.29, 0.717) is 23.1 Å². The Morgan fingerprint density at radius 2 is 1.46 bits per heavy atom. The van der Waals surface area contributed by atoms with Gasteiger partial charge in [-0.1, -0.05) is 48.0 Å². The molecule has 0 bridgehead atoms. The SMILES string of the molecule is COc1ccccc1O/C=C(C)/C(=N/c1ccc(C)cc1)Oc1ccccc1. The van der Waals surface area contributed by atoms with Gasteiger partial charge in [-0.3, -0.25) is 0 Å². The van der Waals surface area contributed by atoms with Gasteiger partial charge in [0.15, 0.2) is 11.5 Å². The summed E-state index contributed by atoms with van der Waals surface area (Å²) in [5, 5.41) is 0. The standard InChI is InChI=1S/C24H23NO3/c1-18-13-15-20(16-14-18)25-24(28-21-9-5-4-6-10-21)19(2)17-27-23-12-8-7-11-22(23)26-3/h4-17H,1-3H3/b19-17+,25-24-. The lowest BCUT2D eigenvalue weighted by Gasteiger charge is -2.11. The van der Waals surface area contributed by atoms with E-state index < -0.39 is 0 Å². The van der Waals surface area contributed by atoms with Crippen LogP contribution in [0, 0.1) is 6.92 Å². The van der Waals surface area contributed by atoms with E-state index in [-0.39, 0.29) is 0 Å². The minimum Gasteiger partial charge on any atom is -0.493 e. The quantitative estimate of drug-likeness (QED) is 0.298. The predicted molar refractivity (Wildman–Crippen MR) is 113 cm³/mol. The maximum absolute atomic E-state index is 6.03. The number of rotatable bonds is 6. The second-order valence-electron chi connectivity index (χ2n) is 6.24. The highest BCUT2D eigenvalue weighted by atomic mass is 16.5. The molecule has 0 aromatic heterocycles. The van der Waals surface area contributed by atoms with Crippen molar-refractivity contribution in [2.24, 2.45) is 4.99 Å². The van der Waals surface area contributed by atoms with Gasteiger partial charge in [0.25, 0.3) is 0 Å². The number of hydrogen-bond donors (Lipinski definition) is 0. The van der Waals surface area contributed by atoms with Crippen LogP contribution in [0.2, 0.25) is 0 Å².